The minimum absolute atomic E-state index is 0.0896. The molecule has 1 fully saturated rings. The van der Waals surface area contributed by atoms with Crippen molar-refractivity contribution in [3.63, 3.8) is 0 Å². The van der Waals surface area contributed by atoms with Crippen LogP contribution in [0.15, 0.2) is 29.8 Å². The highest BCUT2D eigenvalue weighted by molar-refractivity contribution is 6.53. The number of alkyl halides is 2. The summed E-state index contributed by atoms with van der Waals surface area (Å²) in [7, 11) is 0. The van der Waals surface area contributed by atoms with Crippen LogP contribution >= 0.6 is 23.2 Å². The Hall–Kier alpha value is -2.03. The molecule has 0 bridgehead atoms. The maximum absolute atomic E-state index is 12.2. The summed E-state index contributed by atoms with van der Waals surface area (Å²) in [5.41, 5.74) is 0.323. The van der Waals surface area contributed by atoms with Crippen LogP contribution in [0.4, 0.5) is 5.69 Å². The molecule has 1 unspecified atom stereocenters. The van der Waals surface area contributed by atoms with Gasteiger partial charge in [0, 0.05) is 5.69 Å². The van der Waals surface area contributed by atoms with Crippen molar-refractivity contribution in [2.75, 3.05) is 11.9 Å². The third-order valence-corrected chi connectivity index (χ3v) is 4.96. The SMILES string of the molecule is CCOC(=O)/C(C#N)=C/c1ccc(NC(=O)C2(C)CC2(Cl)Cl)cc1. The number of rotatable bonds is 5. The lowest BCUT2D eigenvalue weighted by Gasteiger charge is -2.12. The summed E-state index contributed by atoms with van der Waals surface area (Å²) >= 11 is 12.0. The number of hydrogen-bond donors (Lipinski definition) is 1. The third-order valence-electron chi connectivity index (χ3n) is 3.85. The topological polar surface area (TPSA) is 79.2 Å². The number of benzene rings is 1. The van der Waals surface area contributed by atoms with Gasteiger partial charge in [0.2, 0.25) is 5.91 Å². The Morgan fingerprint density at radius 3 is 2.42 bits per heavy atom. The summed E-state index contributed by atoms with van der Waals surface area (Å²) in [4.78, 5) is 23.8. The van der Waals surface area contributed by atoms with E-state index in [9.17, 15) is 9.59 Å². The summed E-state index contributed by atoms with van der Waals surface area (Å²) in [5.74, 6) is -0.917. The molecule has 1 aromatic rings. The van der Waals surface area contributed by atoms with Gasteiger partial charge in [0.15, 0.2) is 0 Å². The Morgan fingerprint density at radius 2 is 1.96 bits per heavy atom. The van der Waals surface area contributed by atoms with Gasteiger partial charge in [-0.15, -0.1) is 23.2 Å². The van der Waals surface area contributed by atoms with E-state index in [0.717, 1.165) is 0 Å². The van der Waals surface area contributed by atoms with E-state index < -0.39 is 15.7 Å². The molecular formula is C17H16Cl2N2O3. The maximum atomic E-state index is 12.2. The Morgan fingerprint density at radius 1 is 1.38 bits per heavy atom. The van der Waals surface area contributed by atoms with Gasteiger partial charge in [0.1, 0.15) is 16.0 Å². The fourth-order valence-corrected chi connectivity index (χ4v) is 2.80. The van der Waals surface area contributed by atoms with Crippen LogP contribution in [0.3, 0.4) is 0 Å². The molecule has 1 atom stereocenters. The quantitative estimate of drug-likeness (QED) is 0.373. The average molecular weight is 367 g/mol. The molecule has 1 N–H and O–H groups in total. The zero-order valence-corrected chi connectivity index (χ0v) is 14.7. The van der Waals surface area contributed by atoms with Crippen LogP contribution in [-0.2, 0) is 14.3 Å². The fourth-order valence-electron chi connectivity index (χ4n) is 2.09. The van der Waals surface area contributed by atoms with E-state index in [-0.39, 0.29) is 18.1 Å². The van der Waals surface area contributed by atoms with Gasteiger partial charge in [-0.1, -0.05) is 12.1 Å². The molecule has 1 aromatic carbocycles. The molecular weight excluding hydrogens is 351 g/mol. The molecule has 126 valence electrons. The van der Waals surface area contributed by atoms with E-state index in [0.29, 0.717) is 17.7 Å². The standard InChI is InChI=1S/C17H16Cl2N2O3/c1-3-24-14(22)12(9-20)8-11-4-6-13(7-5-11)21-15(23)16(2)10-17(16,18)19/h4-8H,3,10H2,1-2H3,(H,21,23)/b12-8+. The van der Waals surface area contributed by atoms with Crippen molar-refractivity contribution < 1.29 is 14.3 Å². The Balaban J connectivity index is 2.07. The Bertz CT molecular complexity index is 735. The molecule has 1 amide bonds. The minimum Gasteiger partial charge on any atom is -0.462 e. The number of anilines is 1. The van der Waals surface area contributed by atoms with E-state index in [4.69, 9.17) is 33.2 Å². The lowest BCUT2D eigenvalue weighted by molar-refractivity contribution is -0.137. The molecule has 0 spiro atoms. The number of carbonyl (C=O) groups excluding carboxylic acids is 2. The van der Waals surface area contributed by atoms with Crippen LogP contribution in [-0.4, -0.2) is 22.8 Å². The molecule has 2 rings (SSSR count). The van der Waals surface area contributed by atoms with Gasteiger partial charge in [-0.05, 0) is 44.0 Å². The number of amides is 1. The molecule has 0 heterocycles. The summed E-state index contributed by atoms with van der Waals surface area (Å²) in [5, 5.41) is 11.8. The molecule has 0 radical (unpaired) electrons. The van der Waals surface area contributed by atoms with Crippen LogP contribution in [0.2, 0.25) is 0 Å². The van der Waals surface area contributed by atoms with Crippen molar-refractivity contribution in [1.29, 1.82) is 5.26 Å². The van der Waals surface area contributed by atoms with Gasteiger partial charge in [0.25, 0.3) is 0 Å². The molecule has 5 nitrogen and oxygen atoms in total. The molecule has 1 saturated carbocycles. The highest BCUT2D eigenvalue weighted by Gasteiger charge is 2.67. The van der Waals surface area contributed by atoms with Gasteiger partial charge >= 0.3 is 5.97 Å². The number of ether oxygens (including phenoxy) is 1. The van der Waals surface area contributed by atoms with Crippen molar-refractivity contribution in [3.05, 3.63) is 35.4 Å². The molecule has 1 aliphatic rings. The zero-order chi connectivity index (χ0) is 18.0. The van der Waals surface area contributed by atoms with Crippen molar-refractivity contribution in [2.45, 2.75) is 24.6 Å². The third kappa shape index (κ3) is 3.72. The van der Waals surface area contributed by atoms with Crippen molar-refractivity contribution in [1.82, 2.24) is 0 Å². The number of nitriles is 1. The largest absolute Gasteiger partial charge is 0.462 e. The number of nitrogens with zero attached hydrogens (tertiary/aromatic N) is 1. The molecule has 24 heavy (non-hydrogen) atoms. The molecule has 0 aliphatic heterocycles. The first-order valence-corrected chi connectivity index (χ1v) is 8.07. The summed E-state index contributed by atoms with van der Waals surface area (Å²) in [6.07, 6.45) is 1.83. The van der Waals surface area contributed by atoms with E-state index in [1.165, 1.54) is 6.08 Å². The number of halogens is 2. The monoisotopic (exact) mass is 366 g/mol. The average Bonchev–Trinajstić information content (AvgIpc) is 3.06. The first-order valence-electron chi connectivity index (χ1n) is 7.32. The highest BCUT2D eigenvalue weighted by Crippen LogP contribution is 2.64. The first-order chi connectivity index (χ1) is 11.2. The second-order valence-electron chi connectivity index (χ2n) is 5.68. The van der Waals surface area contributed by atoms with Crippen LogP contribution in [0.5, 0.6) is 0 Å². The molecule has 1 aliphatic carbocycles. The van der Waals surface area contributed by atoms with Gasteiger partial charge in [-0.2, -0.15) is 5.26 Å². The summed E-state index contributed by atoms with van der Waals surface area (Å²) in [6, 6.07) is 8.49. The first kappa shape index (κ1) is 18.3. The van der Waals surface area contributed by atoms with Crippen LogP contribution < -0.4 is 5.32 Å². The van der Waals surface area contributed by atoms with Crippen molar-refractivity contribution >= 4 is 46.8 Å². The summed E-state index contributed by atoms with van der Waals surface area (Å²) in [6.45, 7) is 3.57. The van der Waals surface area contributed by atoms with E-state index in [1.807, 2.05) is 0 Å². The molecule has 7 heteroatoms. The van der Waals surface area contributed by atoms with E-state index in [2.05, 4.69) is 5.32 Å². The zero-order valence-electron chi connectivity index (χ0n) is 13.2. The van der Waals surface area contributed by atoms with Gasteiger partial charge < -0.3 is 10.1 Å². The van der Waals surface area contributed by atoms with Crippen molar-refractivity contribution in [2.24, 2.45) is 5.41 Å². The van der Waals surface area contributed by atoms with Crippen molar-refractivity contribution in [3.8, 4) is 6.07 Å². The van der Waals surface area contributed by atoms with Crippen LogP contribution in [0.25, 0.3) is 6.08 Å². The summed E-state index contributed by atoms with van der Waals surface area (Å²) < 4.78 is 3.77. The number of carbonyl (C=O) groups is 2. The van der Waals surface area contributed by atoms with Gasteiger partial charge in [0.05, 0.1) is 12.0 Å². The Labute approximate surface area is 150 Å². The number of hydrogen-bond acceptors (Lipinski definition) is 4. The lowest BCUT2D eigenvalue weighted by Crippen LogP contribution is -2.25. The molecule has 0 saturated heterocycles. The maximum Gasteiger partial charge on any atom is 0.348 e. The van der Waals surface area contributed by atoms with E-state index >= 15 is 0 Å². The second-order valence-corrected chi connectivity index (χ2v) is 7.16. The van der Waals surface area contributed by atoms with Crippen LogP contribution in [0.1, 0.15) is 25.8 Å². The minimum atomic E-state index is -1.03. The fraction of sp³-hybridized carbons (Fsp3) is 0.353. The number of esters is 1. The van der Waals surface area contributed by atoms with E-state index in [1.54, 1.807) is 44.2 Å². The number of nitrogens with one attached hydrogen (secondary N) is 1. The predicted octanol–water partition coefficient (Wildman–Crippen LogP) is 3.68. The predicted molar refractivity (Wildman–Crippen MR) is 92.5 cm³/mol. The normalized spacial score (nSPS) is 21.5. The second kappa shape index (κ2) is 6.84. The Kier molecular flexibility index (Phi) is 5.22. The highest BCUT2D eigenvalue weighted by atomic mass is 35.5. The lowest BCUT2D eigenvalue weighted by atomic mass is 10.1. The smallest absolute Gasteiger partial charge is 0.348 e. The molecule has 0 aromatic heterocycles. The van der Waals surface area contributed by atoms with Gasteiger partial charge in [-0.3, -0.25) is 4.79 Å². The van der Waals surface area contributed by atoms with Gasteiger partial charge in [-0.25, -0.2) is 4.79 Å². The van der Waals surface area contributed by atoms with Crippen LogP contribution in [0, 0.1) is 16.7 Å².